The first-order chi connectivity index (χ1) is 10.4. The van der Waals surface area contributed by atoms with Gasteiger partial charge in [0.05, 0.1) is 0 Å². The Morgan fingerprint density at radius 2 is 1.86 bits per heavy atom. The lowest BCUT2D eigenvalue weighted by Crippen LogP contribution is -2.56. The maximum atomic E-state index is 12.4. The lowest BCUT2D eigenvalue weighted by molar-refractivity contribution is 0.104. The number of likely N-dealkylation sites (tertiary alicyclic amines) is 1. The maximum absolute atomic E-state index is 12.4. The molecule has 2 aliphatic heterocycles. The zero-order chi connectivity index (χ0) is 16.2. The second kappa shape index (κ2) is 7.64. The van der Waals surface area contributed by atoms with Crippen LogP contribution in [0.4, 0.5) is 4.79 Å². The fraction of sp³-hybridized carbons (Fsp3) is 0.941. The Kier molecular flexibility index (Phi) is 6.09. The van der Waals surface area contributed by atoms with Gasteiger partial charge in [0.15, 0.2) is 0 Å². The molecular weight excluding hydrogens is 276 g/mol. The summed E-state index contributed by atoms with van der Waals surface area (Å²) >= 11 is 0. The van der Waals surface area contributed by atoms with Crippen LogP contribution in [0, 0.1) is 5.41 Å². The molecule has 0 aromatic heterocycles. The number of rotatable bonds is 4. The van der Waals surface area contributed by atoms with Gasteiger partial charge in [0.1, 0.15) is 0 Å². The third-order valence-electron chi connectivity index (χ3n) is 5.58. The Morgan fingerprint density at radius 1 is 1.18 bits per heavy atom. The van der Waals surface area contributed by atoms with Crippen LogP contribution in [0.2, 0.25) is 0 Å². The van der Waals surface area contributed by atoms with Crippen molar-refractivity contribution in [3.8, 4) is 0 Å². The van der Waals surface area contributed by atoms with Gasteiger partial charge in [-0.05, 0) is 38.8 Å². The topological polar surface area (TPSA) is 38.8 Å². The third-order valence-corrected chi connectivity index (χ3v) is 5.58. The van der Waals surface area contributed by atoms with E-state index in [1.54, 1.807) is 0 Å². The average molecular weight is 310 g/mol. The van der Waals surface area contributed by atoms with Crippen molar-refractivity contribution >= 4 is 6.03 Å². The van der Waals surface area contributed by atoms with Crippen LogP contribution in [0.3, 0.4) is 0 Å². The Morgan fingerprint density at radius 3 is 2.50 bits per heavy atom. The molecule has 128 valence electrons. The summed E-state index contributed by atoms with van der Waals surface area (Å²) in [5.41, 5.74) is 0.442. The summed E-state index contributed by atoms with van der Waals surface area (Å²) in [4.78, 5) is 19.1. The molecule has 0 bridgehead atoms. The van der Waals surface area contributed by atoms with Crippen molar-refractivity contribution in [1.29, 1.82) is 0 Å². The number of nitrogens with one attached hydrogen (secondary N) is 1. The number of likely N-dealkylation sites (N-methyl/N-ethyl adjacent to an activating group) is 2. The van der Waals surface area contributed by atoms with E-state index in [4.69, 9.17) is 0 Å². The second-order valence-corrected chi connectivity index (χ2v) is 7.63. The number of carbonyl (C=O) groups is 1. The van der Waals surface area contributed by atoms with E-state index in [0.717, 1.165) is 52.1 Å². The van der Waals surface area contributed by atoms with Crippen molar-refractivity contribution in [2.75, 3.05) is 53.4 Å². The first-order valence-corrected chi connectivity index (χ1v) is 8.85. The predicted molar refractivity (Wildman–Crippen MR) is 91.1 cm³/mol. The van der Waals surface area contributed by atoms with Crippen molar-refractivity contribution < 1.29 is 4.79 Å². The highest BCUT2D eigenvalue weighted by Crippen LogP contribution is 2.35. The molecule has 2 heterocycles. The minimum Gasteiger partial charge on any atom is -0.336 e. The molecule has 5 heteroatoms. The lowest BCUT2D eigenvalue weighted by atomic mass is 9.77. The molecule has 2 fully saturated rings. The summed E-state index contributed by atoms with van der Waals surface area (Å²) in [5.74, 6) is 0. The molecule has 1 unspecified atom stereocenters. The fourth-order valence-corrected chi connectivity index (χ4v) is 3.74. The number of nitrogens with zero attached hydrogens (tertiary/aromatic N) is 3. The molecular formula is C17H34N4O. The molecule has 2 saturated heterocycles. The highest BCUT2D eigenvalue weighted by atomic mass is 16.2. The minimum atomic E-state index is 0.125. The van der Waals surface area contributed by atoms with E-state index in [9.17, 15) is 4.79 Å². The van der Waals surface area contributed by atoms with Gasteiger partial charge in [0, 0.05) is 45.3 Å². The first-order valence-electron chi connectivity index (χ1n) is 8.85. The van der Waals surface area contributed by atoms with E-state index < -0.39 is 0 Å². The van der Waals surface area contributed by atoms with E-state index in [1.807, 2.05) is 4.90 Å². The molecule has 0 radical (unpaired) electrons. The maximum Gasteiger partial charge on any atom is 0.317 e. The van der Waals surface area contributed by atoms with Crippen molar-refractivity contribution in [3.63, 3.8) is 0 Å². The molecule has 2 aliphatic rings. The standard InChI is InChI=1S/C17H34N4O/c1-5-6-17(2)7-9-21(10-8-17)16(22)18-13-15-14-19(3)11-12-20(15)4/h15H,5-14H2,1-4H3,(H,18,22). The quantitative estimate of drug-likeness (QED) is 0.861. The Bertz CT molecular complexity index is 366. The van der Waals surface area contributed by atoms with Crippen molar-refractivity contribution in [2.45, 2.75) is 45.6 Å². The van der Waals surface area contributed by atoms with Crippen LogP contribution in [-0.2, 0) is 0 Å². The molecule has 0 saturated carbocycles. The Balaban J connectivity index is 1.74. The van der Waals surface area contributed by atoms with Gasteiger partial charge < -0.3 is 15.1 Å². The summed E-state index contributed by atoms with van der Waals surface area (Å²) < 4.78 is 0. The smallest absolute Gasteiger partial charge is 0.317 e. The highest BCUT2D eigenvalue weighted by molar-refractivity contribution is 5.74. The first kappa shape index (κ1) is 17.5. The van der Waals surface area contributed by atoms with Gasteiger partial charge >= 0.3 is 6.03 Å². The molecule has 2 rings (SSSR count). The number of carbonyl (C=O) groups excluding carboxylic acids is 1. The van der Waals surface area contributed by atoms with Crippen LogP contribution < -0.4 is 5.32 Å². The Hall–Kier alpha value is -0.810. The third kappa shape index (κ3) is 4.59. The van der Waals surface area contributed by atoms with Crippen LogP contribution >= 0.6 is 0 Å². The summed E-state index contributed by atoms with van der Waals surface area (Å²) in [6, 6.07) is 0.554. The normalized spacial score (nSPS) is 26.9. The monoisotopic (exact) mass is 310 g/mol. The van der Waals surface area contributed by atoms with Crippen LogP contribution in [0.1, 0.15) is 39.5 Å². The molecule has 1 N–H and O–H groups in total. The number of hydrogen-bond donors (Lipinski definition) is 1. The molecule has 22 heavy (non-hydrogen) atoms. The van der Waals surface area contributed by atoms with Crippen molar-refractivity contribution in [3.05, 3.63) is 0 Å². The summed E-state index contributed by atoms with van der Waals surface area (Å²) in [7, 11) is 4.31. The average Bonchev–Trinajstić information content (AvgIpc) is 2.48. The van der Waals surface area contributed by atoms with Crippen LogP contribution in [0.5, 0.6) is 0 Å². The zero-order valence-electron chi connectivity index (χ0n) is 14.9. The second-order valence-electron chi connectivity index (χ2n) is 7.63. The number of amides is 2. The van der Waals surface area contributed by atoms with E-state index in [-0.39, 0.29) is 6.03 Å². The van der Waals surface area contributed by atoms with Crippen LogP contribution in [0.25, 0.3) is 0 Å². The number of piperazine rings is 1. The van der Waals surface area contributed by atoms with E-state index in [2.05, 4.69) is 43.1 Å². The molecule has 0 spiro atoms. The van der Waals surface area contributed by atoms with Crippen molar-refractivity contribution in [2.24, 2.45) is 5.41 Å². The highest BCUT2D eigenvalue weighted by Gasteiger charge is 2.31. The summed E-state index contributed by atoms with van der Waals surface area (Å²) in [6.45, 7) is 10.4. The minimum absolute atomic E-state index is 0.125. The van der Waals surface area contributed by atoms with Gasteiger partial charge in [-0.2, -0.15) is 0 Å². The van der Waals surface area contributed by atoms with Crippen molar-refractivity contribution in [1.82, 2.24) is 20.0 Å². The van der Waals surface area contributed by atoms with Crippen LogP contribution in [0.15, 0.2) is 0 Å². The molecule has 0 aromatic rings. The lowest BCUT2D eigenvalue weighted by Gasteiger charge is -2.40. The van der Waals surface area contributed by atoms with E-state index >= 15 is 0 Å². The van der Waals surface area contributed by atoms with Gasteiger partial charge in [-0.15, -0.1) is 0 Å². The van der Waals surface area contributed by atoms with Gasteiger partial charge in [-0.3, -0.25) is 4.90 Å². The molecule has 0 aromatic carbocycles. The number of piperidine rings is 1. The van der Waals surface area contributed by atoms with Gasteiger partial charge in [-0.25, -0.2) is 4.79 Å². The zero-order valence-corrected chi connectivity index (χ0v) is 14.9. The summed E-state index contributed by atoms with van der Waals surface area (Å²) in [5, 5.41) is 3.15. The Labute approximate surface area is 136 Å². The van der Waals surface area contributed by atoms with Gasteiger partial charge in [0.2, 0.25) is 0 Å². The van der Waals surface area contributed by atoms with E-state index in [1.165, 1.54) is 12.8 Å². The van der Waals surface area contributed by atoms with Crippen LogP contribution in [-0.4, -0.2) is 80.1 Å². The fourth-order valence-electron chi connectivity index (χ4n) is 3.74. The predicted octanol–water partition coefficient (Wildman–Crippen LogP) is 1.84. The summed E-state index contributed by atoms with van der Waals surface area (Å²) in [6.07, 6.45) is 4.80. The molecule has 0 aliphatic carbocycles. The SMILES string of the molecule is CCCC1(C)CCN(C(=O)NCC2CN(C)CCN2C)CC1. The molecule has 1 atom stereocenters. The van der Waals surface area contributed by atoms with E-state index in [0.29, 0.717) is 11.5 Å². The number of hydrogen-bond acceptors (Lipinski definition) is 3. The molecule has 2 amide bonds. The number of urea groups is 1. The van der Waals surface area contributed by atoms with Gasteiger partial charge in [0.25, 0.3) is 0 Å². The largest absolute Gasteiger partial charge is 0.336 e. The molecule has 5 nitrogen and oxygen atoms in total. The van der Waals surface area contributed by atoms with Gasteiger partial charge in [-0.1, -0.05) is 20.3 Å².